The average Bonchev–Trinajstić information content (AvgIpc) is 3.04. The molecule has 8 nitrogen and oxygen atoms in total. The van der Waals surface area contributed by atoms with Crippen LogP contribution in [0.4, 0.5) is 5.69 Å². The highest BCUT2D eigenvalue weighted by Crippen LogP contribution is 2.29. The summed E-state index contributed by atoms with van der Waals surface area (Å²) in [5.41, 5.74) is 5.61. The molecule has 0 spiro atoms. The number of amides is 1. The van der Waals surface area contributed by atoms with Crippen molar-refractivity contribution >= 4 is 21.6 Å². The molecule has 1 atom stereocenters. The lowest BCUT2D eigenvalue weighted by atomic mass is 10.2. The Labute approximate surface area is 135 Å². The highest BCUT2D eigenvalue weighted by atomic mass is 32.2. The molecule has 0 bridgehead atoms. The van der Waals surface area contributed by atoms with Crippen molar-refractivity contribution in [2.75, 3.05) is 32.1 Å². The van der Waals surface area contributed by atoms with Gasteiger partial charge in [-0.05, 0) is 31.0 Å². The van der Waals surface area contributed by atoms with E-state index in [1.54, 1.807) is 0 Å². The predicted octanol–water partition coefficient (Wildman–Crippen LogP) is 0.0889. The predicted molar refractivity (Wildman–Crippen MR) is 84.6 cm³/mol. The third-order valence-corrected chi connectivity index (χ3v) is 5.51. The second kappa shape index (κ2) is 7.26. The fourth-order valence-electron chi connectivity index (χ4n) is 2.33. The molecule has 0 aliphatic carbocycles. The first-order valence-corrected chi connectivity index (χ1v) is 8.69. The van der Waals surface area contributed by atoms with E-state index in [1.807, 2.05) is 0 Å². The van der Waals surface area contributed by atoms with Gasteiger partial charge in [0.15, 0.2) is 0 Å². The van der Waals surface area contributed by atoms with Gasteiger partial charge in [-0.1, -0.05) is 0 Å². The maximum absolute atomic E-state index is 12.5. The first-order valence-electron chi connectivity index (χ1n) is 7.25. The number of aromatic hydroxyl groups is 1. The van der Waals surface area contributed by atoms with E-state index in [0.29, 0.717) is 13.1 Å². The minimum absolute atomic E-state index is 0.00169. The zero-order chi connectivity index (χ0) is 17.0. The van der Waals surface area contributed by atoms with Crippen LogP contribution in [0.25, 0.3) is 0 Å². The molecule has 9 heteroatoms. The molecule has 2 rings (SSSR count). The van der Waals surface area contributed by atoms with Crippen molar-refractivity contribution in [1.29, 1.82) is 0 Å². The van der Waals surface area contributed by atoms with Crippen LogP contribution in [0, 0.1) is 0 Å². The number of carbonyl (C=O) groups is 1. The van der Waals surface area contributed by atoms with E-state index in [-0.39, 0.29) is 22.9 Å². The fraction of sp³-hybridized carbons (Fsp3) is 0.500. The number of carbonyl (C=O) groups excluding carboxylic acids is 1. The zero-order valence-corrected chi connectivity index (χ0v) is 13.7. The van der Waals surface area contributed by atoms with E-state index < -0.39 is 22.0 Å². The molecule has 1 amide bonds. The maximum atomic E-state index is 12.5. The summed E-state index contributed by atoms with van der Waals surface area (Å²) in [6.45, 7) is 0.964. The van der Waals surface area contributed by atoms with Gasteiger partial charge in [-0.25, -0.2) is 8.42 Å². The van der Waals surface area contributed by atoms with Gasteiger partial charge in [0.05, 0.1) is 17.2 Å². The average molecular weight is 343 g/mol. The topological polar surface area (TPSA) is 122 Å². The van der Waals surface area contributed by atoms with Gasteiger partial charge in [0, 0.05) is 20.2 Å². The third kappa shape index (κ3) is 3.99. The molecular formula is C14H21N3O5S. The zero-order valence-electron chi connectivity index (χ0n) is 12.9. The summed E-state index contributed by atoms with van der Waals surface area (Å²) in [6.07, 6.45) is 1.65. The van der Waals surface area contributed by atoms with E-state index in [9.17, 15) is 18.3 Å². The molecule has 1 aromatic rings. The van der Waals surface area contributed by atoms with Gasteiger partial charge >= 0.3 is 0 Å². The van der Waals surface area contributed by atoms with Crippen molar-refractivity contribution in [2.24, 2.45) is 5.73 Å². The van der Waals surface area contributed by atoms with Crippen molar-refractivity contribution < 1.29 is 23.1 Å². The van der Waals surface area contributed by atoms with Crippen LogP contribution in [0.5, 0.6) is 5.75 Å². The highest BCUT2D eigenvalue weighted by Gasteiger charge is 2.28. The number of hydrogen-bond donors (Lipinski definition) is 3. The van der Waals surface area contributed by atoms with Gasteiger partial charge in [0.25, 0.3) is 0 Å². The van der Waals surface area contributed by atoms with Crippen molar-refractivity contribution in [3.05, 3.63) is 18.2 Å². The number of hydrogen-bond acceptors (Lipinski definition) is 6. The van der Waals surface area contributed by atoms with Crippen LogP contribution in [0.2, 0.25) is 0 Å². The lowest BCUT2D eigenvalue weighted by Crippen LogP contribution is -2.39. The molecule has 0 aromatic heterocycles. The Morgan fingerprint density at radius 1 is 1.43 bits per heavy atom. The number of nitrogens with zero attached hydrogens (tertiary/aromatic N) is 1. The van der Waals surface area contributed by atoms with Crippen molar-refractivity contribution in [3.8, 4) is 5.75 Å². The Morgan fingerprint density at radius 3 is 2.70 bits per heavy atom. The number of nitrogens with two attached hydrogens (primary N) is 1. The Morgan fingerprint density at radius 2 is 2.09 bits per heavy atom. The molecule has 1 aliphatic rings. The summed E-state index contributed by atoms with van der Waals surface area (Å²) in [4.78, 5) is 11.9. The van der Waals surface area contributed by atoms with Crippen molar-refractivity contribution in [2.45, 2.75) is 23.8 Å². The molecule has 1 heterocycles. The largest absolute Gasteiger partial charge is 0.506 e. The Hall–Kier alpha value is -1.68. The Balaban J connectivity index is 2.23. The fourth-order valence-corrected chi connectivity index (χ4v) is 3.88. The van der Waals surface area contributed by atoms with Crippen LogP contribution >= 0.6 is 0 Å². The lowest BCUT2D eigenvalue weighted by Gasteiger charge is -2.17. The molecule has 1 saturated heterocycles. The van der Waals surface area contributed by atoms with Crippen molar-refractivity contribution in [1.82, 2.24) is 4.31 Å². The van der Waals surface area contributed by atoms with E-state index in [0.717, 1.165) is 12.8 Å². The van der Waals surface area contributed by atoms with Crippen LogP contribution in [0.15, 0.2) is 23.1 Å². The maximum Gasteiger partial charge on any atom is 0.243 e. The van der Waals surface area contributed by atoms with Gasteiger partial charge in [0.2, 0.25) is 15.9 Å². The number of ether oxygens (including phenoxy) is 1. The summed E-state index contributed by atoms with van der Waals surface area (Å²) in [7, 11) is -2.22. The summed E-state index contributed by atoms with van der Waals surface area (Å²) < 4.78 is 31.2. The first kappa shape index (κ1) is 17.7. The van der Waals surface area contributed by atoms with Gasteiger partial charge in [0.1, 0.15) is 11.8 Å². The molecular weight excluding hydrogens is 322 g/mol. The smallest absolute Gasteiger partial charge is 0.243 e. The van der Waals surface area contributed by atoms with Crippen LogP contribution < -0.4 is 11.1 Å². The number of benzene rings is 1. The minimum Gasteiger partial charge on any atom is -0.506 e. The molecule has 0 radical (unpaired) electrons. The van der Waals surface area contributed by atoms with Crippen LogP contribution in [-0.4, -0.2) is 56.6 Å². The summed E-state index contributed by atoms with van der Waals surface area (Å²) in [5, 5.41) is 12.3. The third-order valence-electron chi connectivity index (χ3n) is 3.61. The van der Waals surface area contributed by atoms with Crippen LogP contribution in [0.3, 0.4) is 0 Å². The van der Waals surface area contributed by atoms with E-state index in [4.69, 9.17) is 10.5 Å². The van der Waals surface area contributed by atoms with Crippen molar-refractivity contribution in [3.63, 3.8) is 0 Å². The standard InChI is InChI=1S/C14H21N3O5S/c1-22-9-11(15)14(19)16-12-8-10(4-5-13(12)18)23(20,21)17-6-2-3-7-17/h4-5,8,11,18H,2-3,6-7,9,15H2,1H3,(H,16,19). The summed E-state index contributed by atoms with van der Waals surface area (Å²) in [6, 6.07) is 2.87. The summed E-state index contributed by atoms with van der Waals surface area (Å²) in [5.74, 6) is -0.804. The molecule has 0 saturated carbocycles. The van der Waals surface area contributed by atoms with E-state index >= 15 is 0 Å². The number of nitrogens with one attached hydrogen (secondary N) is 1. The SMILES string of the molecule is COCC(N)C(=O)Nc1cc(S(=O)(=O)N2CCCC2)ccc1O. The highest BCUT2D eigenvalue weighted by molar-refractivity contribution is 7.89. The number of anilines is 1. The number of methoxy groups -OCH3 is 1. The molecule has 1 aliphatic heterocycles. The Kier molecular flexibility index (Phi) is 5.58. The number of sulfonamides is 1. The number of rotatable bonds is 6. The molecule has 128 valence electrons. The van der Waals surface area contributed by atoms with Gasteiger partial charge in [-0.2, -0.15) is 4.31 Å². The quantitative estimate of drug-likeness (QED) is 0.629. The van der Waals surface area contributed by atoms with E-state index in [1.165, 1.54) is 29.6 Å². The second-order valence-corrected chi connectivity index (χ2v) is 7.28. The van der Waals surface area contributed by atoms with Crippen LogP contribution in [0.1, 0.15) is 12.8 Å². The number of phenols is 1. The monoisotopic (exact) mass is 343 g/mol. The summed E-state index contributed by atoms with van der Waals surface area (Å²) >= 11 is 0. The molecule has 1 fully saturated rings. The Bertz CT molecular complexity index is 671. The van der Waals surface area contributed by atoms with E-state index in [2.05, 4.69) is 5.32 Å². The van der Waals surface area contributed by atoms with Gasteiger partial charge < -0.3 is 20.9 Å². The van der Waals surface area contributed by atoms with Gasteiger partial charge in [-0.3, -0.25) is 4.79 Å². The molecule has 1 unspecified atom stereocenters. The van der Waals surface area contributed by atoms with Gasteiger partial charge in [-0.15, -0.1) is 0 Å². The molecule has 23 heavy (non-hydrogen) atoms. The lowest BCUT2D eigenvalue weighted by molar-refractivity contribution is -0.118. The normalized spacial score (nSPS) is 17.1. The molecule has 4 N–H and O–H groups in total. The minimum atomic E-state index is -3.63. The second-order valence-electron chi connectivity index (χ2n) is 5.34. The molecule has 1 aromatic carbocycles. The van der Waals surface area contributed by atoms with Crippen LogP contribution in [-0.2, 0) is 19.6 Å². The first-order chi connectivity index (χ1) is 10.9. The number of phenolic OH excluding ortho intramolecular Hbond substituents is 1.